The molecule has 4 heteroatoms. The number of aromatic nitrogens is 2. The molecule has 0 unspecified atom stereocenters. The SMILES string of the molecule is CCCNc1cc(N(C)C2CCC2)ncn1. The molecule has 1 aliphatic carbocycles. The number of rotatable bonds is 5. The zero-order valence-corrected chi connectivity index (χ0v) is 10.1. The lowest BCUT2D eigenvalue weighted by molar-refractivity contribution is 0.399. The number of nitrogens with zero attached hydrogens (tertiary/aromatic N) is 3. The first-order chi connectivity index (χ1) is 7.81. The van der Waals surface area contributed by atoms with Gasteiger partial charge in [-0.25, -0.2) is 9.97 Å². The van der Waals surface area contributed by atoms with Crippen molar-refractivity contribution >= 4 is 11.6 Å². The number of nitrogens with one attached hydrogen (secondary N) is 1. The van der Waals surface area contributed by atoms with Crippen LogP contribution in [0.2, 0.25) is 0 Å². The second-order valence-electron chi connectivity index (χ2n) is 4.38. The highest BCUT2D eigenvalue weighted by Gasteiger charge is 2.23. The maximum atomic E-state index is 4.33. The largest absolute Gasteiger partial charge is 0.370 e. The first-order valence-electron chi connectivity index (χ1n) is 6.10. The van der Waals surface area contributed by atoms with Gasteiger partial charge in [-0.3, -0.25) is 0 Å². The molecule has 1 N–H and O–H groups in total. The van der Waals surface area contributed by atoms with Crippen molar-refractivity contribution in [2.45, 2.75) is 38.6 Å². The minimum Gasteiger partial charge on any atom is -0.370 e. The van der Waals surface area contributed by atoms with E-state index < -0.39 is 0 Å². The third-order valence-corrected chi connectivity index (χ3v) is 3.19. The molecule has 0 aliphatic heterocycles. The molecule has 0 radical (unpaired) electrons. The summed E-state index contributed by atoms with van der Waals surface area (Å²) in [6.45, 7) is 3.11. The fraction of sp³-hybridized carbons (Fsp3) is 0.667. The Morgan fingerprint density at radius 1 is 1.44 bits per heavy atom. The molecule has 0 amide bonds. The summed E-state index contributed by atoms with van der Waals surface area (Å²) in [5.74, 6) is 1.95. The van der Waals surface area contributed by atoms with Gasteiger partial charge in [-0.15, -0.1) is 0 Å². The summed E-state index contributed by atoms with van der Waals surface area (Å²) in [7, 11) is 2.12. The Kier molecular flexibility index (Phi) is 3.59. The summed E-state index contributed by atoms with van der Waals surface area (Å²) in [5, 5.41) is 3.29. The fourth-order valence-electron chi connectivity index (χ4n) is 1.85. The Bertz CT molecular complexity index is 336. The molecular formula is C12H20N4. The van der Waals surface area contributed by atoms with Crippen LogP contribution in [0, 0.1) is 0 Å². The van der Waals surface area contributed by atoms with Crippen LogP contribution >= 0.6 is 0 Å². The molecule has 1 aromatic heterocycles. The minimum absolute atomic E-state index is 0.675. The van der Waals surface area contributed by atoms with Crippen molar-refractivity contribution in [1.29, 1.82) is 0 Å². The van der Waals surface area contributed by atoms with Crippen LogP contribution in [-0.4, -0.2) is 29.6 Å². The molecule has 0 saturated heterocycles. The molecule has 0 bridgehead atoms. The smallest absolute Gasteiger partial charge is 0.134 e. The topological polar surface area (TPSA) is 41.0 Å². The number of hydrogen-bond acceptors (Lipinski definition) is 4. The Labute approximate surface area is 97.1 Å². The van der Waals surface area contributed by atoms with Crippen molar-refractivity contribution in [3.63, 3.8) is 0 Å². The molecule has 1 fully saturated rings. The van der Waals surface area contributed by atoms with Crippen LogP contribution in [0.3, 0.4) is 0 Å². The molecular weight excluding hydrogens is 200 g/mol. The van der Waals surface area contributed by atoms with Crippen LogP contribution in [-0.2, 0) is 0 Å². The van der Waals surface area contributed by atoms with E-state index in [9.17, 15) is 0 Å². The van der Waals surface area contributed by atoms with E-state index in [4.69, 9.17) is 0 Å². The van der Waals surface area contributed by atoms with E-state index in [1.54, 1.807) is 6.33 Å². The summed E-state index contributed by atoms with van der Waals surface area (Å²) < 4.78 is 0. The van der Waals surface area contributed by atoms with Crippen molar-refractivity contribution in [2.24, 2.45) is 0 Å². The van der Waals surface area contributed by atoms with Crippen LogP contribution in [0.25, 0.3) is 0 Å². The molecule has 4 nitrogen and oxygen atoms in total. The van der Waals surface area contributed by atoms with Gasteiger partial charge >= 0.3 is 0 Å². The maximum Gasteiger partial charge on any atom is 0.134 e. The van der Waals surface area contributed by atoms with Gasteiger partial charge in [0, 0.05) is 25.7 Å². The molecule has 0 spiro atoms. The van der Waals surface area contributed by atoms with Crippen molar-refractivity contribution in [3.8, 4) is 0 Å². The van der Waals surface area contributed by atoms with Crippen molar-refractivity contribution < 1.29 is 0 Å². The lowest BCUT2D eigenvalue weighted by atomic mass is 9.92. The third kappa shape index (κ3) is 2.43. The number of anilines is 2. The molecule has 88 valence electrons. The average Bonchev–Trinajstić information content (AvgIpc) is 2.24. The van der Waals surface area contributed by atoms with Crippen LogP contribution in [0.5, 0.6) is 0 Å². The highest BCUT2D eigenvalue weighted by Crippen LogP contribution is 2.27. The van der Waals surface area contributed by atoms with E-state index in [1.165, 1.54) is 19.3 Å². The highest BCUT2D eigenvalue weighted by atomic mass is 15.2. The second-order valence-corrected chi connectivity index (χ2v) is 4.38. The van der Waals surface area contributed by atoms with Crippen molar-refractivity contribution in [2.75, 3.05) is 23.8 Å². The third-order valence-electron chi connectivity index (χ3n) is 3.19. The van der Waals surface area contributed by atoms with E-state index in [0.29, 0.717) is 6.04 Å². The van der Waals surface area contributed by atoms with Crippen LogP contribution in [0.15, 0.2) is 12.4 Å². The van der Waals surface area contributed by atoms with E-state index in [-0.39, 0.29) is 0 Å². The predicted molar refractivity (Wildman–Crippen MR) is 66.9 cm³/mol. The monoisotopic (exact) mass is 220 g/mol. The second kappa shape index (κ2) is 5.14. The van der Waals surface area contributed by atoms with Gasteiger partial charge in [0.2, 0.25) is 0 Å². The van der Waals surface area contributed by atoms with Gasteiger partial charge in [0.1, 0.15) is 18.0 Å². The molecule has 1 heterocycles. The normalized spacial score (nSPS) is 15.6. The standard InChI is InChI=1S/C12H20N4/c1-3-7-13-11-8-12(15-9-14-11)16(2)10-5-4-6-10/h8-10H,3-7H2,1-2H3,(H,13,14,15). The minimum atomic E-state index is 0.675. The Balaban J connectivity index is 2.02. The summed E-state index contributed by atoms with van der Waals surface area (Å²) in [5.41, 5.74) is 0. The van der Waals surface area contributed by atoms with Gasteiger partial charge in [-0.2, -0.15) is 0 Å². The lowest BCUT2D eigenvalue weighted by Gasteiger charge is -2.35. The van der Waals surface area contributed by atoms with Gasteiger partial charge < -0.3 is 10.2 Å². The van der Waals surface area contributed by atoms with E-state index in [0.717, 1.165) is 24.6 Å². The first kappa shape index (κ1) is 11.2. The molecule has 1 aromatic rings. The van der Waals surface area contributed by atoms with Crippen LogP contribution in [0.4, 0.5) is 11.6 Å². The zero-order chi connectivity index (χ0) is 11.4. The van der Waals surface area contributed by atoms with E-state index in [1.807, 2.05) is 6.07 Å². The van der Waals surface area contributed by atoms with Gasteiger partial charge in [0.15, 0.2) is 0 Å². The highest BCUT2D eigenvalue weighted by molar-refractivity contribution is 5.48. The first-order valence-corrected chi connectivity index (χ1v) is 6.10. The lowest BCUT2D eigenvalue weighted by Crippen LogP contribution is -2.37. The summed E-state index contributed by atoms with van der Waals surface area (Å²) in [6, 6.07) is 2.71. The molecule has 0 aromatic carbocycles. The summed E-state index contributed by atoms with van der Waals surface area (Å²) in [4.78, 5) is 10.8. The number of hydrogen-bond donors (Lipinski definition) is 1. The Morgan fingerprint density at radius 2 is 2.25 bits per heavy atom. The van der Waals surface area contributed by atoms with Crippen LogP contribution < -0.4 is 10.2 Å². The average molecular weight is 220 g/mol. The van der Waals surface area contributed by atoms with Gasteiger partial charge in [0.05, 0.1) is 0 Å². The fourth-order valence-corrected chi connectivity index (χ4v) is 1.85. The van der Waals surface area contributed by atoms with Gasteiger partial charge in [0.25, 0.3) is 0 Å². The summed E-state index contributed by atoms with van der Waals surface area (Å²) >= 11 is 0. The van der Waals surface area contributed by atoms with Crippen molar-refractivity contribution in [3.05, 3.63) is 12.4 Å². The molecule has 0 atom stereocenters. The quantitative estimate of drug-likeness (QED) is 0.826. The van der Waals surface area contributed by atoms with Gasteiger partial charge in [-0.1, -0.05) is 6.92 Å². The molecule has 2 rings (SSSR count). The molecule has 1 aliphatic rings. The zero-order valence-electron chi connectivity index (χ0n) is 10.1. The molecule has 1 saturated carbocycles. The van der Waals surface area contributed by atoms with E-state index >= 15 is 0 Å². The predicted octanol–water partition coefficient (Wildman–Crippen LogP) is 2.29. The molecule has 16 heavy (non-hydrogen) atoms. The van der Waals surface area contributed by atoms with Crippen LogP contribution in [0.1, 0.15) is 32.6 Å². The maximum absolute atomic E-state index is 4.33. The Hall–Kier alpha value is -1.32. The van der Waals surface area contributed by atoms with E-state index in [2.05, 4.69) is 34.2 Å². The summed E-state index contributed by atoms with van der Waals surface area (Å²) in [6.07, 6.45) is 6.68. The van der Waals surface area contributed by atoms with Crippen molar-refractivity contribution in [1.82, 2.24) is 9.97 Å². The Morgan fingerprint density at radius 3 is 2.88 bits per heavy atom. The van der Waals surface area contributed by atoms with Gasteiger partial charge in [-0.05, 0) is 25.7 Å².